The first kappa shape index (κ1) is 15.5. The highest BCUT2D eigenvalue weighted by molar-refractivity contribution is 14.0. The number of guanidine groups is 1. The van der Waals surface area contributed by atoms with Crippen molar-refractivity contribution in [1.82, 2.24) is 10.6 Å². The molecule has 1 amide bonds. The second-order valence-corrected chi connectivity index (χ2v) is 3.76. The fraction of sp³-hybridized carbons (Fsp3) is 0.800. The summed E-state index contributed by atoms with van der Waals surface area (Å²) in [6, 6.07) is 0. The van der Waals surface area contributed by atoms with Gasteiger partial charge in [0.05, 0.1) is 0 Å². The number of carbonyl (C=O) groups excluding carboxylic acids is 1. The number of nitrogens with two attached hydrogens (primary N) is 1. The minimum absolute atomic E-state index is 0. The monoisotopic (exact) mass is 340 g/mol. The van der Waals surface area contributed by atoms with Gasteiger partial charge in [-0.1, -0.05) is 6.92 Å². The number of amides is 1. The Morgan fingerprint density at radius 3 is 2.56 bits per heavy atom. The SMILES string of the molecule is CCCN=C(N)NCCNC(=O)C1CC1.I. The largest absolute Gasteiger partial charge is 0.370 e. The summed E-state index contributed by atoms with van der Waals surface area (Å²) in [4.78, 5) is 15.3. The average molecular weight is 340 g/mol. The first-order valence-corrected chi connectivity index (χ1v) is 5.55. The Bertz CT molecular complexity index is 241. The molecule has 0 aromatic rings. The zero-order valence-electron chi connectivity index (χ0n) is 9.66. The van der Waals surface area contributed by atoms with Crippen molar-refractivity contribution in [1.29, 1.82) is 0 Å². The Morgan fingerprint density at radius 1 is 1.38 bits per heavy atom. The molecule has 1 fully saturated rings. The van der Waals surface area contributed by atoms with Crippen LogP contribution in [0.3, 0.4) is 0 Å². The number of nitrogens with zero attached hydrogens (tertiary/aromatic N) is 1. The van der Waals surface area contributed by atoms with Crippen LogP contribution in [0.1, 0.15) is 26.2 Å². The molecule has 6 heteroatoms. The second kappa shape index (κ2) is 8.60. The minimum atomic E-state index is 0. The Labute approximate surface area is 114 Å². The molecular formula is C10H21IN4O. The van der Waals surface area contributed by atoms with E-state index in [-0.39, 0.29) is 35.8 Å². The first-order valence-electron chi connectivity index (χ1n) is 5.55. The maximum Gasteiger partial charge on any atom is 0.223 e. The van der Waals surface area contributed by atoms with Crippen LogP contribution in [0.4, 0.5) is 0 Å². The van der Waals surface area contributed by atoms with Crippen molar-refractivity contribution in [3.63, 3.8) is 0 Å². The highest BCUT2D eigenvalue weighted by atomic mass is 127. The van der Waals surface area contributed by atoms with Crippen LogP contribution in [0.25, 0.3) is 0 Å². The first-order chi connectivity index (χ1) is 7.24. The molecule has 0 aliphatic heterocycles. The Morgan fingerprint density at radius 2 is 2.00 bits per heavy atom. The molecule has 1 aliphatic rings. The van der Waals surface area contributed by atoms with Crippen molar-refractivity contribution < 1.29 is 4.79 Å². The van der Waals surface area contributed by atoms with E-state index < -0.39 is 0 Å². The molecule has 0 heterocycles. The van der Waals surface area contributed by atoms with Gasteiger partial charge >= 0.3 is 0 Å². The van der Waals surface area contributed by atoms with Crippen LogP contribution in [0.5, 0.6) is 0 Å². The number of hydrogen-bond acceptors (Lipinski definition) is 2. The quantitative estimate of drug-likeness (QED) is 0.284. The fourth-order valence-electron chi connectivity index (χ4n) is 1.15. The summed E-state index contributed by atoms with van der Waals surface area (Å²) < 4.78 is 0. The summed E-state index contributed by atoms with van der Waals surface area (Å²) in [5.74, 6) is 0.898. The van der Waals surface area contributed by atoms with Gasteiger partial charge in [-0.15, -0.1) is 24.0 Å². The van der Waals surface area contributed by atoms with Crippen LogP contribution in [0.2, 0.25) is 0 Å². The molecule has 0 unspecified atom stereocenters. The number of aliphatic imine (C=N–C) groups is 1. The van der Waals surface area contributed by atoms with Crippen LogP contribution in [0.15, 0.2) is 4.99 Å². The van der Waals surface area contributed by atoms with Crippen LogP contribution in [-0.2, 0) is 4.79 Å². The van der Waals surface area contributed by atoms with Gasteiger partial charge in [0.25, 0.3) is 0 Å². The lowest BCUT2D eigenvalue weighted by Crippen LogP contribution is -2.38. The molecule has 0 aromatic heterocycles. The molecule has 1 saturated carbocycles. The lowest BCUT2D eigenvalue weighted by atomic mass is 10.4. The lowest BCUT2D eigenvalue weighted by Gasteiger charge is -2.06. The highest BCUT2D eigenvalue weighted by Gasteiger charge is 2.28. The van der Waals surface area contributed by atoms with E-state index in [1.165, 1.54) is 0 Å². The topological polar surface area (TPSA) is 79.5 Å². The van der Waals surface area contributed by atoms with Crippen LogP contribution in [0, 0.1) is 5.92 Å². The Kier molecular flexibility index (Phi) is 8.32. The van der Waals surface area contributed by atoms with E-state index in [0.717, 1.165) is 25.8 Å². The highest BCUT2D eigenvalue weighted by Crippen LogP contribution is 2.28. The van der Waals surface area contributed by atoms with Gasteiger partial charge in [-0.3, -0.25) is 9.79 Å². The molecule has 0 bridgehead atoms. The molecule has 1 rings (SSSR count). The zero-order chi connectivity index (χ0) is 11.1. The molecule has 0 atom stereocenters. The van der Waals surface area contributed by atoms with Gasteiger partial charge in [-0.2, -0.15) is 0 Å². The predicted octanol–water partition coefficient (Wildman–Crippen LogP) is 0.445. The lowest BCUT2D eigenvalue weighted by molar-refractivity contribution is -0.122. The molecule has 5 nitrogen and oxygen atoms in total. The molecule has 4 N–H and O–H groups in total. The van der Waals surface area contributed by atoms with Crippen LogP contribution in [-0.4, -0.2) is 31.5 Å². The van der Waals surface area contributed by atoms with E-state index in [9.17, 15) is 4.79 Å². The molecule has 94 valence electrons. The summed E-state index contributed by atoms with van der Waals surface area (Å²) in [5, 5.41) is 5.79. The van der Waals surface area contributed by atoms with Gasteiger partial charge in [-0.25, -0.2) is 0 Å². The summed E-state index contributed by atoms with van der Waals surface area (Å²) in [5.41, 5.74) is 5.57. The summed E-state index contributed by atoms with van der Waals surface area (Å²) in [7, 11) is 0. The molecule has 0 aromatic carbocycles. The van der Waals surface area contributed by atoms with E-state index in [4.69, 9.17) is 5.73 Å². The standard InChI is InChI=1S/C10H20N4O.HI/c1-2-5-13-10(11)14-7-6-12-9(15)8-3-4-8;/h8H,2-7H2,1H3,(H,12,15)(H3,11,13,14);1H. The van der Waals surface area contributed by atoms with Gasteiger partial charge in [0, 0.05) is 25.6 Å². The Balaban J connectivity index is 0.00000225. The van der Waals surface area contributed by atoms with Crippen molar-refractivity contribution in [2.24, 2.45) is 16.6 Å². The third-order valence-corrected chi connectivity index (χ3v) is 2.18. The summed E-state index contributed by atoms with van der Waals surface area (Å²) >= 11 is 0. The third kappa shape index (κ3) is 6.86. The van der Waals surface area contributed by atoms with Crippen molar-refractivity contribution in [3.8, 4) is 0 Å². The van der Waals surface area contributed by atoms with Crippen LogP contribution >= 0.6 is 24.0 Å². The van der Waals surface area contributed by atoms with E-state index in [0.29, 0.717) is 19.0 Å². The smallest absolute Gasteiger partial charge is 0.223 e. The number of nitrogens with one attached hydrogen (secondary N) is 2. The number of halogens is 1. The molecular weight excluding hydrogens is 319 g/mol. The number of carbonyl (C=O) groups is 1. The van der Waals surface area contributed by atoms with E-state index in [1.54, 1.807) is 0 Å². The van der Waals surface area contributed by atoms with Crippen molar-refractivity contribution >= 4 is 35.8 Å². The van der Waals surface area contributed by atoms with Crippen LogP contribution < -0.4 is 16.4 Å². The summed E-state index contributed by atoms with van der Waals surface area (Å²) in [6.45, 7) is 4.04. The van der Waals surface area contributed by atoms with Crippen molar-refractivity contribution in [3.05, 3.63) is 0 Å². The van der Waals surface area contributed by atoms with Gasteiger partial charge in [-0.05, 0) is 19.3 Å². The maximum atomic E-state index is 11.2. The normalized spacial score (nSPS) is 15.2. The average Bonchev–Trinajstić information content (AvgIpc) is 3.04. The molecule has 0 saturated heterocycles. The van der Waals surface area contributed by atoms with E-state index in [1.807, 2.05) is 6.92 Å². The summed E-state index contributed by atoms with van der Waals surface area (Å²) in [6.07, 6.45) is 3.07. The van der Waals surface area contributed by atoms with Crippen molar-refractivity contribution in [2.45, 2.75) is 26.2 Å². The second-order valence-electron chi connectivity index (χ2n) is 3.76. The molecule has 0 radical (unpaired) electrons. The van der Waals surface area contributed by atoms with Gasteiger partial charge in [0.15, 0.2) is 5.96 Å². The third-order valence-electron chi connectivity index (χ3n) is 2.18. The van der Waals surface area contributed by atoms with Gasteiger partial charge < -0.3 is 16.4 Å². The van der Waals surface area contributed by atoms with Gasteiger partial charge in [0.1, 0.15) is 0 Å². The van der Waals surface area contributed by atoms with E-state index in [2.05, 4.69) is 15.6 Å². The number of rotatable bonds is 6. The minimum Gasteiger partial charge on any atom is -0.370 e. The van der Waals surface area contributed by atoms with E-state index >= 15 is 0 Å². The molecule has 16 heavy (non-hydrogen) atoms. The van der Waals surface area contributed by atoms with Crippen molar-refractivity contribution in [2.75, 3.05) is 19.6 Å². The molecule has 0 spiro atoms. The molecule has 1 aliphatic carbocycles. The predicted molar refractivity (Wildman–Crippen MR) is 75.9 cm³/mol. The number of hydrogen-bond donors (Lipinski definition) is 3. The zero-order valence-corrected chi connectivity index (χ0v) is 12.0. The van der Waals surface area contributed by atoms with Gasteiger partial charge in [0.2, 0.25) is 5.91 Å². The fourth-order valence-corrected chi connectivity index (χ4v) is 1.15. The Hall–Kier alpha value is -0.530. The maximum absolute atomic E-state index is 11.2.